The molecule has 1 saturated carbocycles. The summed E-state index contributed by atoms with van der Waals surface area (Å²) in [6.07, 6.45) is 1.54. The number of hydrogen-bond acceptors (Lipinski definition) is 5. The highest BCUT2D eigenvalue weighted by atomic mass is 19.1. The topological polar surface area (TPSA) is 98.8 Å². The molecule has 26 heavy (non-hydrogen) atoms. The molecule has 2 aromatic heterocycles. The van der Waals surface area contributed by atoms with E-state index in [1.54, 1.807) is 11.8 Å². The van der Waals surface area contributed by atoms with E-state index >= 15 is 0 Å². The van der Waals surface area contributed by atoms with Gasteiger partial charge in [-0.15, -0.1) is 0 Å². The number of aryl methyl sites for hydroxylation is 1. The Kier molecular flexibility index (Phi) is 3.80. The summed E-state index contributed by atoms with van der Waals surface area (Å²) in [7, 11) is 0. The molecule has 1 aliphatic heterocycles. The van der Waals surface area contributed by atoms with Crippen molar-refractivity contribution < 1.29 is 8.78 Å². The molecule has 0 unspecified atom stereocenters. The van der Waals surface area contributed by atoms with Crippen molar-refractivity contribution in [3.05, 3.63) is 44.0 Å². The first kappa shape index (κ1) is 17.0. The SMILES string of the molecule is Cc1c(N2C[C@H](CN)[C@H](F)C2)c(F)cn2c(=O)n(N)c(=O)c(C3CC3)c12. The maximum Gasteiger partial charge on any atom is 0.354 e. The van der Waals surface area contributed by atoms with E-state index in [1.807, 2.05) is 0 Å². The number of fused-ring (bicyclic) bond motifs is 1. The van der Waals surface area contributed by atoms with E-state index in [2.05, 4.69) is 0 Å². The van der Waals surface area contributed by atoms with Crippen molar-refractivity contribution in [1.29, 1.82) is 0 Å². The van der Waals surface area contributed by atoms with Gasteiger partial charge in [-0.2, -0.15) is 4.68 Å². The van der Waals surface area contributed by atoms with Gasteiger partial charge in [-0.1, -0.05) is 0 Å². The van der Waals surface area contributed by atoms with Crippen LogP contribution in [0.2, 0.25) is 0 Å². The van der Waals surface area contributed by atoms with Crippen molar-refractivity contribution in [2.75, 3.05) is 30.4 Å². The zero-order valence-corrected chi connectivity index (χ0v) is 14.4. The summed E-state index contributed by atoms with van der Waals surface area (Å²) in [5.41, 5.74) is 5.73. The summed E-state index contributed by atoms with van der Waals surface area (Å²) in [5.74, 6) is 4.59. The summed E-state index contributed by atoms with van der Waals surface area (Å²) in [4.78, 5) is 26.5. The van der Waals surface area contributed by atoms with E-state index < -0.39 is 23.2 Å². The number of aromatic nitrogens is 2. The van der Waals surface area contributed by atoms with Crippen LogP contribution < -0.4 is 27.7 Å². The third-order valence-corrected chi connectivity index (χ3v) is 5.50. The van der Waals surface area contributed by atoms with Gasteiger partial charge in [0.15, 0.2) is 5.82 Å². The van der Waals surface area contributed by atoms with Crippen molar-refractivity contribution >= 4 is 11.2 Å². The molecule has 0 amide bonds. The first-order valence-corrected chi connectivity index (χ1v) is 8.69. The fourth-order valence-corrected chi connectivity index (χ4v) is 3.99. The van der Waals surface area contributed by atoms with E-state index in [1.165, 1.54) is 0 Å². The normalized spacial score (nSPS) is 23.2. The highest BCUT2D eigenvalue weighted by molar-refractivity contribution is 5.72. The fraction of sp³-hybridized carbons (Fsp3) is 0.529. The van der Waals surface area contributed by atoms with Gasteiger partial charge < -0.3 is 16.5 Å². The second-order valence-corrected chi connectivity index (χ2v) is 7.23. The molecule has 7 nitrogen and oxygen atoms in total. The standard InChI is InChI=1S/C17H21F2N5O2/c1-8-14(22-5-10(4-20)11(18)6-22)12(19)7-23-15(8)13(9-2-3-9)16(25)24(21)17(23)26/h7,9-11H,2-6,20-21H2,1H3/t10-,11+/m0/s1. The highest BCUT2D eigenvalue weighted by Gasteiger charge is 2.36. The van der Waals surface area contributed by atoms with E-state index in [9.17, 15) is 18.4 Å². The molecule has 0 aromatic carbocycles. The lowest BCUT2D eigenvalue weighted by molar-refractivity contribution is 0.289. The minimum Gasteiger partial charge on any atom is -0.365 e. The van der Waals surface area contributed by atoms with Crippen LogP contribution in [0.4, 0.5) is 14.5 Å². The first-order chi connectivity index (χ1) is 12.3. The Morgan fingerprint density at radius 3 is 2.54 bits per heavy atom. The molecule has 9 heteroatoms. The molecule has 1 saturated heterocycles. The van der Waals surface area contributed by atoms with Crippen LogP contribution in [0.3, 0.4) is 0 Å². The number of rotatable bonds is 3. The van der Waals surface area contributed by atoms with Crippen LogP contribution in [0.25, 0.3) is 5.52 Å². The summed E-state index contributed by atoms with van der Waals surface area (Å²) in [6.45, 7) is 2.16. The first-order valence-electron chi connectivity index (χ1n) is 8.69. The molecule has 1 aliphatic carbocycles. The predicted molar refractivity (Wildman–Crippen MR) is 94.4 cm³/mol. The molecule has 0 radical (unpaired) electrons. The second kappa shape index (κ2) is 5.80. The number of nitrogen functional groups attached to an aromatic ring is 1. The lowest BCUT2D eigenvalue weighted by Crippen LogP contribution is -2.44. The third kappa shape index (κ3) is 2.33. The van der Waals surface area contributed by atoms with E-state index in [-0.39, 0.29) is 30.6 Å². The largest absolute Gasteiger partial charge is 0.365 e. The Labute approximate surface area is 147 Å². The maximum atomic E-state index is 14.9. The quantitative estimate of drug-likeness (QED) is 0.759. The number of halogens is 2. The van der Waals surface area contributed by atoms with Crippen LogP contribution in [-0.2, 0) is 0 Å². The highest BCUT2D eigenvalue weighted by Crippen LogP contribution is 2.42. The van der Waals surface area contributed by atoms with Gasteiger partial charge in [-0.25, -0.2) is 13.6 Å². The average Bonchev–Trinajstić information content (AvgIpc) is 3.37. The minimum atomic E-state index is -1.14. The summed E-state index contributed by atoms with van der Waals surface area (Å²) in [6, 6.07) is 0. The van der Waals surface area contributed by atoms with Gasteiger partial charge in [-0.3, -0.25) is 9.20 Å². The predicted octanol–water partition coefficient (Wildman–Crippen LogP) is 0.233. The molecular weight excluding hydrogens is 344 g/mol. The number of nitrogens with zero attached hydrogens (tertiary/aromatic N) is 3. The van der Waals surface area contributed by atoms with E-state index in [4.69, 9.17) is 11.6 Å². The van der Waals surface area contributed by atoms with Crippen LogP contribution in [-0.4, -0.2) is 34.9 Å². The smallest absolute Gasteiger partial charge is 0.354 e. The van der Waals surface area contributed by atoms with Crippen LogP contribution in [0.5, 0.6) is 0 Å². The molecule has 4 rings (SSSR count). The molecular formula is C17H21F2N5O2. The second-order valence-electron chi connectivity index (χ2n) is 7.23. The zero-order chi connectivity index (χ0) is 18.7. The Morgan fingerprint density at radius 1 is 1.27 bits per heavy atom. The molecule has 2 aliphatic rings. The number of hydrogen-bond donors (Lipinski definition) is 2. The molecule has 2 aromatic rings. The summed E-state index contributed by atoms with van der Waals surface area (Å²) < 4.78 is 30.6. The van der Waals surface area contributed by atoms with Gasteiger partial charge in [0, 0.05) is 30.1 Å². The Morgan fingerprint density at radius 2 is 1.96 bits per heavy atom. The summed E-state index contributed by atoms with van der Waals surface area (Å²) >= 11 is 0. The van der Waals surface area contributed by atoms with Crippen LogP contribution in [0.15, 0.2) is 15.8 Å². The van der Waals surface area contributed by atoms with Crippen LogP contribution in [0.1, 0.15) is 29.9 Å². The van der Waals surface area contributed by atoms with Crippen LogP contribution >= 0.6 is 0 Å². The molecule has 140 valence electrons. The van der Waals surface area contributed by atoms with Gasteiger partial charge >= 0.3 is 5.69 Å². The van der Waals surface area contributed by atoms with Gasteiger partial charge in [-0.05, 0) is 32.2 Å². The number of anilines is 1. The molecule has 0 bridgehead atoms. The van der Waals surface area contributed by atoms with Crippen molar-refractivity contribution in [3.63, 3.8) is 0 Å². The molecule has 3 heterocycles. The van der Waals surface area contributed by atoms with Crippen molar-refractivity contribution in [3.8, 4) is 0 Å². The van der Waals surface area contributed by atoms with Gasteiger partial charge in [0.05, 0.1) is 17.4 Å². The Hall–Kier alpha value is -2.42. The van der Waals surface area contributed by atoms with Gasteiger partial charge in [0.2, 0.25) is 0 Å². The maximum absolute atomic E-state index is 14.9. The molecule has 2 atom stereocenters. The Balaban J connectivity index is 2.00. The van der Waals surface area contributed by atoms with E-state index in [0.29, 0.717) is 27.9 Å². The monoisotopic (exact) mass is 365 g/mol. The minimum absolute atomic E-state index is 0.00852. The van der Waals surface area contributed by atoms with Gasteiger partial charge in [0.1, 0.15) is 6.17 Å². The van der Waals surface area contributed by atoms with Crippen molar-refractivity contribution in [2.45, 2.75) is 31.9 Å². The Bertz CT molecular complexity index is 1010. The molecule has 2 fully saturated rings. The van der Waals surface area contributed by atoms with Crippen LogP contribution in [0, 0.1) is 18.7 Å². The number of pyridine rings is 1. The lowest BCUT2D eigenvalue weighted by Gasteiger charge is -2.23. The summed E-state index contributed by atoms with van der Waals surface area (Å²) in [5, 5.41) is 0. The van der Waals surface area contributed by atoms with Gasteiger partial charge in [0.25, 0.3) is 5.56 Å². The molecule has 4 N–H and O–H groups in total. The third-order valence-electron chi connectivity index (χ3n) is 5.50. The van der Waals surface area contributed by atoms with Crippen molar-refractivity contribution in [2.24, 2.45) is 11.7 Å². The number of alkyl halides is 1. The molecule has 0 spiro atoms. The zero-order valence-electron chi connectivity index (χ0n) is 14.4. The van der Waals surface area contributed by atoms with E-state index in [0.717, 1.165) is 23.4 Å². The van der Waals surface area contributed by atoms with Crippen molar-refractivity contribution in [1.82, 2.24) is 9.08 Å². The fourth-order valence-electron chi connectivity index (χ4n) is 3.99. The average molecular weight is 365 g/mol. The lowest BCUT2D eigenvalue weighted by atomic mass is 10.1. The number of nitrogens with two attached hydrogens (primary N) is 2.